The maximum atomic E-state index is 5.95. The number of hydrogen-bond donors (Lipinski definition) is 2. The van der Waals surface area contributed by atoms with Gasteiger partial charge in [0.05, 0.1) is 12.2 Å². The van der Waals surface area contributed by atoms with Crippen LogP contribution in [-0.4, -0.2) is 18.0 Å². The smallest absolute Gasteiger partial charge is 0.191 e. The van der Waals surface area contributed by atoms with Crippen LogP contribution in [0.4, 0.5) is 0 Å². The van der Waals surface area contributed by atoms with Gasteiger partial charge in [-0.3, -0.25) is 9.98 Å². The van der Waals surface area contributed by atoms with Gasteiger partial charge in [-0.1, -0.05) is 29.8 Å². The molecule has 0 saturated carbocycles. The molecule has 0 spiro atoms. The van der Waals surface area contributed by atoms with E-state index in [9.17, 15) is 0 Å². The molecule has 0 bridgehead atoms. The SMILES string of the molecule is CN=C(NCc1cccc(Cl)c1)NCc1ccccn1.I. The fraction of sp³-hybridized carbons (Fsp3) is 0.200. The van der Waals surface area contributed by atoms with Gasteiger partial charge < -0.3 is 10.6 Å². The maximum absolute atomic E-state index is 5.95. The summed E-state index contributed by atoms with van der Waals surface area (Å²) >= 11 is 5.95. The first kappa shape index (κ1) is 17.7. The van der Waals surface area contributed by atoms with Crippen molar-refractivity contribution in [1.29, 1.82) is 0 Å². The standard InChI is InChI=1S/C15H17ClN4.HI/c1-17-15(20-11-14-7-2-3-8-18-14)19-10-12-5-4-6-13(16)9-12;/h2-9H,10-11H2,1H3,(H2,17,19,20);1H. The number of pyridine rings is 1. The van der Waals surface area contributed by atoms with Gasteiger partial charge in [0.1, 0.15) is 0 Å². The lowest BCUT2D eigenvalue weighted by Gasteiger charge is -2.11. The zero-order valence-electron chi connectivity index (χ0n) is 11.7. The van der Waals surface area contributed by atoms with Gasteiger partial charge in [-0.15, -0.1) is 24.0 Å². The third kappa shape index (κ3) is 6.31. The van der Waals surface area contributed by atoms with E-state index < -0.39 is 0 Å². The number of rotatable bonds is 4. The highest BCUT2D eigenvalue weighted by atomic mass is 127. The molecule has 0 saturated heterocycles. The Labute approximate surface area is 147 Å². The van der Waals surface area contributed by atoms with Crippen molar-refractivity contribution < 1.29 is 0 Å². The molecule has 2 rings (SSSR count). The fourth-order valence-corrected chi connectivity index (χ4v) is 1.94. The van der Waals surface area contributed by atoms with Crippen LogP contribution < -0.4 is 10.6 Å². The van der Waals surface area contributed by atoms with Crippen molar-refractivity contribution in [2.45, 2.75) is 13.1 Å². The lowest BCUT2D eigenvalue weighted by molar-refractivity contribution is 0.794. The van der Waals surface area contributed by atoms with E-state index in [1.807, 2.05) is 42.5 Å². The third-order valence-electron chi connectivity index (χ3n) is 2.74. The summed E-state index contributed by atoms with van der Waals surface area (Å²) in [5.41, 5.74) is 2.08. The minimum absolute atomic E-state index is 0. The largest absolute Gasteiger partial charge is 0.352 e. The van der Waals surface area contributed by atoms with Crippen molar-refractivity contribution in [3.63, 3.8) is 0 Å². The van der Waals surface area contributed by atoms with Crippen molar-refractivity contribution in [2.75, 3.05) is 7.05 Å². The maximum Gasteiger partial charge on any atom is 0.191 e. The van der Waals surface area contributed by atoms with Gasteiger partial charge in [0.2, 0.25) is 0 Å². The van der Waals surface area contributed by atoms with Crippen LogP contribution in [0, 0.1) is 0 Å². The van der Waals surface area contributed by atoms with Crippen molar-refractivity contribution in [1.82, 2.24) is 15.6 Å². The summed E-state index contributed by atoms with van der Waals surface area (Å²) in [6.07, 6.45) is 1.78. The summed E-state index contributed by atoms with van der Waals surface area (Å²) in [6, 6.07) is 13.6. The van der Waals surface area contributed by atoms with E-state index >= 15 is 0 Å². The summed E-state index contributed by atoms with van der Waals surface area (Å²) in [7, 11) is 1.74. The Morgan fingerprint density at radius 3 is 2.62 bits per heavy atom. The number of aliphatic imine (C=N–C) groups is 1. The number of nitrogens with one attached hydrogen (secondary N) is 2. The van der Waals surface area contributed by atoms with E-state index in [1.54, 1.807) is 13.2 Å². The van der Waals surface area contributed by atoms with Crippen LogP contribution >= 0.6 is 35.6 Å². The fourth-order valence-electron chi connectivity index (χ4n) is 1.73. The molecule has 0 atom stereocenters. The third-order valence-corrected chi connectivity index (χ3v) is 2.97. The monoisotopic (exact) mass is 416 g/mol. The van der Waals surface area contributed by atoms with Crippen LogP contribution in [0.3, 0.4) is 0 Å². The Bertz CT molecular complexity index is 575. The van der Waals surface area contributed by atoms with E-state index in [1.165, 1.54) is 0 Å². The molecule has 1 aromatic heterocycles. The van der Waals surface area contributed by atoms with Crippen LogP contribution in [-0.2, 0) is 13.1 Å². The molecular weight excluding hydrogens is 399 g/mol. The summed E-state index contributed by atoms with van der Waals surface area (Å²) in [4.78, 5) is 8.43. The van der Waals surface area contributed by atoms with Crippen molar-refractivity contribution in [2.24, 2.45) is 4.99 Å². The van der Waals surface area contributed by atoms with E-state index in [0.717, 1.165) is 22.2 Å². The number of aromatic nitrogens is 1. The summed E-state index contributed by atoms with van der Waals surface area (Å²) in [5.74, 6) is 0.732. The van der Waals surface area contributed by atoms with E-state index in [2.05, 4.69) is 20.6 Å². The van der Waals surface area contributed by atoms with Gasteiger partial charge in [-0.25, -0.2) is 0 Å². The molecule has 4 nitrogen and oxygen atoms in total. The summed E-state index contributed by atoms with van der Waals surface area (Å²) in [5, 5.41) is 7.19. The zero-order valence-corrected chi connectivity index (χ0v) is 14.8. The average Bonchev–Trinajstić information content (AvgIpc) is 2.48. The number of hydrogen-bond acceptors (Lipinski definition) is 2. The molecule has 2 N–H and O–H groups in total. The molecule has 0 amide bonds. The Hall–Kier alpha value is -1.34. The molecule has 6 heteroatoms. The number of halogens is 2. The van der Waals surface area contributed by atoms with E-state index in [0.29, 0.717) is 13.1 Å². The zero-order chi connectivity index (χ0) is 14.2. The average molecular weight is 417 g/mol. The first-order valence-corrected chi connectivity index (χ1v) is 6.74. The number of benzene rings is 1. The Morgan fingerprint density at radius 2 is 1.95 bits per heavy atom. The first-order chi connectivity index (χ1) is 9.78. The molecule has 1 heterocycles. The van der Waals surface area contributed by atoms with Gasteiger partial charge in [-0.2, -0.15) is 0 Å². The minimum atomic E-state index is 0. The molecule has 21 heavy (non-hydrogen) atoms. The van der Waals surface area contributed by atoms with Gasteiger partial charge in [-0.05, 0) is 29.8 Å². The second kappa shape index (κ2) is 9.57. The molecule has 0 radical (unpaired) electrons. The van der Waals surface area contributed by atoms with Crippen LogP contribution in [0.15, 0.2) is 53.7 Å². The van der Waals surface area contributed by atoms with Gasteiger partial charge in [0.25, 0.3) is 0 Å². The van der Waals surface area contributed by atoms with Crippen LogP contribution in [0.5, 0.6) is 0 Å². The van der Waals surface area contributed by atoms with Gasteiger partial charge in [0, 0.05) is 24.8 Å². The highest BCUT2D eigenvalue weighted by molar-refractivity contribution is 14.0. The van der Waals surface area contributed by atoms with Crippen molar-refractivity contribution in [3.05, 3.63) is 64.9 Å². The molecule has 0 aliphatic heterocycles. The lowest BCUT2D eigenvalue weighted by atomic mass is 10.2. The molecule has 0 aliphatic rings. The van der Waals surface area contributed by atoms with E-state index in [-0.39, 0.29) is 24.0 Å². The molecule has 112 valence electrons. The molecular formula is C15H18ClIN4. The second-order valence-electron chi connectivity index (χ2n) is 4.23. The normalized spacial score (nSPS) is 10.7. The Kier molecular flexibility index (Phi) is 8.07. The van der Waals surface area contributed by atoms with Crippen molar-refractivity contribution in [3.8, 4) is 0 Å². The minimum Gasteiger partial charge on any atom is -0.352 e. The van der Waals surface area contributed by atoms with Gasteiger partial charge in [0.15, 0.2) is 5.96 Å². The highest BCUT2D eigenvalue weighted by Gasteiger charge is 1.99. The quantitative estimate of drug-likeness (QED) is 0.457. The predicted octanol–water partition coefficient (Wildman–Crippen LogP) is 3.22. The molecule has 1 aromatic carbocycles. The molecule has 0 unspecified atom stereocenters. The Morgan fingerprint density at radius 1 is 1.14 bits per heavy atom. The molecule has 2 aromatic rings. The van der Waals surface area contributed by atoms with E-state index in [4.69, 9.17) is 11.6 Å². The number of nitrogens with zero attached hydrogens (tertiary/aromatic N) is 2. The topological polar surface area (TPSA) is 49.3 Å². The molecule has 0 aliphatic carbocycles. The Balaban J connectivity index is 0.00000220. The van der Waals surface area contributed by atoms with Crippen LogP contribution in [0.25, 0.3) is 0 Å². The van der Waals surface area contributed by atoms with Crippen LogP contribution in [0.2, 0.25) is 5.02 Å². The van der Waals surface area contributed by atoms with Gasteiger partial charge >= 0.3 is 0 Å². The predicted molar refractivity (Wildman–Crippen MR) is 98.1 cm³/mol. The highest BCUT2D eigenvalue weighted by Crippen LogP contribution is 2.10. The summed E-state index contributed by atoms with van der Waals surface area (Å²) < 4.78 is 0. The van der Waals surface area contributed by atoms with Crippen molar-refractivity contribution >= 4 is 41.5 Å². The van der Waals surface area contributed by atoms with Crippen LogP contribution in [0.1, 0.15) is 11.3 Å². The lowest BCUT2D eigenvalue weighted by Crippen LogP contribution is -2.36. The molecule has 0 fully saturated rings. The second-order valence-corrected chi connectivity index (χ2v) is 4.67. The first-order valence-electron chi connectivity index (χ1n) is 6.37. The summed E-state index contributed by atoms with van der Waals surface area (Å²) in [6.45, 7) is 1.30. The number of guanidine groups is 1.